The third-order valence-corrected chi connectivity index (χ3v) is 34.0. The van der Waals surface area contributed by atoms with E-state index >= 15 is 0 Å². The quantitative estimate of drug-likeness (QED) is 0.0530. The van der Waals surface area contributed by atoms with Crippen LogP contribution in [-0.4, -0.2) is 364 Å². The number of piperidine rings is 6. The van der Waals surface area contributed by atoms with Crippen LogP contribution >= 0.6 is 0 Å². The average Bonchev–Trinajstić information content (AvgIpc) is 1.37. The molecule has 12 heterocycles. The number of nitrogens with zero attached hydrogens (tertiary/aromatic N) is 12. The lowest BCUT2D eigenvalue weighted by Crippen LogP contribution is -2.61. The lowest BCUT2D eigenvalue weighted by molar-refractivity contribution is -0.155. The molecule has 0 unspecified atom stereocenters. The summed E-state index contributed by atoms with van der Waals surface area (Å²) in [5.41, 5.74) is -1.14. The van der Waals surface area contributed by atoms with Crippen molar-refractivity contribution in [2.75, 3.05) is 217 Å². The second-order valence-corrected chi connectivity index (χ2v) is 49.5. The van der Waals surface area contributed by atoms with Crippen molar-refractivity contribution in [1.82, 2.24) is 58.8 Å². The van der Waals surface area contributed by atoms with Crippen molar-refractivity contribution in [3.63, 3.8) is 0 Å². The van der Waals surface area contributed by atoms with Gasteiger partial charge in [-0.25, -0.2) is 17.6 Å². The van der Waals surface area contributed by atoms with Crippen molar-refractivity contribution in [3.8, 4) is 0 Å². The van der Waals surface area contributed by atoms with Gasteiger partial charge in [0.05, 0.1) is 39.0 Å². The van der Waals surface area contributed by atoms with Crippen LogP contribution in [0.1, 0.15) is 346 Å². The minimum absolute atomic E-state index is 0.0410. The van der Waals surface area contributed by atoms with E-state index in [1.807, 2.05) is 4.90 Å². The Labute approximate surface area is 829 Å². The van der Waals surface area contributed by atoms with Gasteiger partial charge in [0.15, 0.2) is 0 Å². The van der Waals surface area contributed by atoms with Crippen molar-refractivity contribution in [2.24, 2.45) is 68.0 Å². The molecule has 12 rings (SSSR count). The molecule has 0 radical (unpaired) electrons. The Morgan fingerprint density at radius 3 is 0.654 bits per heavy atom. The Morgan fingerprint density at radius 2 is 0.463 bits per heavy atom. The summed E-state index contributed by atoms with van der Waals surface area (Å²) in [6.07, 6.45) is 26.0. The summed E-state index contributed by atoms with van der Waals surface area (Å²) in [6.45, 7) is 80.5. The van der Waals surface area contributed by atoms with Crippen LogP contribution in [0.4, 0.5) is 17.6 Å². The summed E-state index contributed by atoms with van der Waals surface area (Å²) in [5, 5.41) is 0. The van der Waals surface area contributed by atoms with E-state index < -0.39 is 22.7 Å². The zero-order valence-corrected chi connectivity index (χ0v) is 92.1. The van der Waals surface area contributed by atoms with E-state index in [2.05, 4.69) is 215 Å². The molecule has 12 aliphatic heterocycles. The number of halogens is 4. The molecular formula is C112H208F4N12O8. The van der Waals surface area contributed by atoms with Gasteiger partial charge in [-0.15, -0.1) is 0 Å². The molecule has 24 heteroatoms. The number of likely N-dealkylation sites (tertiary alicyclic amines) is 11. The topological polar surface area (TPSA) is 160 Å². The third-order valence-electron chi connectivity index (χ3n) is 34.0. The summed E-state index contributed by atoms with van der Waals surface area (Å²) in [6, 6.07) is 3.34. The summed E-state index contributed by atoms with van der Waals surface area (Å²) < 4.78 is 64.3. The van der Waals surface area contributed by atoms with Gasteiger partial charge in [-0.1, -0.05) is 83.1 Å². The van der Waals surface area contributed by atoms with Gasteiger partial charge >= 0.3 is 0 Å². The van der Waals surface area contributed by atoms with Crippen molar-refractivity contribution in [1.29, 1.82) is 0 Å². The first-order valence-electron chi connectivity index (χ1n) is 55.8. The fourth-order valence-electron chi connectivity index (χ4n) is 23.3. The molecule has 12 saturated heterocycles. The third kappa shape index (κ3) is 38.2. The first-order valence-corrected chi connectivity index (χ1v) is 55.8. The van der Waals surface area contributed by atoms with Crippen molar-refractivity contribution in [2.45, 2.75) is 400 Å². The number of ether oxygens (including phenoxy) is 2. The molecule has 12 fully saturated rings. The SMILES string of the molecule is CC(C)CCC(=O)C1(CN2CC(F)(F)C2)CCN(C(C)C)CC1.CC(C)CCC(=O)C1(CN2CCC(F)(F)C2)CCN(C(C)C)CC1.CC(C)CCC(=O)C1(CN2CCC2)CCN(C(C)C)CC1.CC(C)CCC(=O)C1(CN2CCCC2)CCN(C(C)C)CC1.CC(C)CCC(=O)C1(CN2CCOCC2)CCN(C(C)C)CC1.COC1CN(CC2(C(=O)CCC(C)C)CCN(C(C)C)CC2)C1. The van der Waals surface area contributed by atoms with Gasteiger partial charge < -0.3 is 48.7 Å². The number of carbonyl (C=O) groups excluding carboxylic acids is 6. The largest absolute Gasteiger partial charge is 0.379 e. The first-order chi connectivity index (χ1) is 63.9. The van der Waals surface area contributed by atoms with E-state index in [0.29, 0.717) is 145 Å². The monoisotopic (exact) mass is 1930 g/mol. The number of hydrogen-bond donors (Lipinski definition) is 0. The fraction of sp³-hybridized carbons (Fsp3) is 0.946. The molecule has 0 aliphatic carbocycles. The highest BCUT2D eigenvalue weighted by atomic mass is 19.3. The van der Waals surface area contributed by atoms with Crippen molar-refractivity contribution in [3.05, 3.63) is 0 Å². The van der Waals surface area contributed by atoms with Crippen LogP contribution in [0.2, 0.25) is 0 Å². The number of Topliss-reactive ketones (excluding diaryl/α,β-unsaturated/α-hetero) is 6. The van der Waals surface area contributed by atoms with Crippen LogP contribution in [0.3, 0.4) is 0 Å². The molecule has 792 valence electrons. The van der Waals surface area contributed by atoms with E-state index in [-0.39, 0.29) is 47.7 Å². The zero-order valence-electron chi connectivity index (χ0n) is 92.1. The van der Waals surface area contributed by atoms with E-state index in [0.717, 1.165) is 285 Å². The number of alkyl halides is 4. The van der Waals surface area contributed by atoms with Crippen LogP contribution in [-0.2, 0) is 38.2 Å². The number of methoxy groups -OCH3 is 1. The Bertz CT molecular complexity index is 3420. The molecule has 0 aromatic carbocycles. The van der Waals surface area contributed by atoms with Crippen LogP contribution in [0.25, 0.3) is 0 Å². The Balaban J connectivity index is 0.000000222. The lowest BCUT2D eigenvalue weighted by Gasteiger charge is -2.48. The molecule has 0 aromatic heterocycles. The number of carbonyl (C=O) groups is 6. The van der Waals surface area contributed by atoms with Gasteiger partial charge in [0.2, 0.25) is 0 Å². The molecule has 0 saturated carbocycles. The van der Waals surface area contributed by atoms with Gasteiger partial charge in [-0.2, -0.15) is 0 Å². The van der Waals surface area contributed by atoms with E-state index in [1.165, 1.54) is 45.4 Å². The maximum atomic E-state index is 13.6. The normalized spacial score (nSPS) is 24.0. The molecule has 0 amide bonds. The van der Waals surface area contributed by atoms with Crippen molar-refractivity contribution >= 4 is 34.7 Å². The van der Waals surface area contributed by atoms with Gasteiger partial charge in [-0.3, -0.25) is 48.4 Å². The predicted molar refractivity (Wildman–Crippen MR) is 553 cm³/mol. The van der Waals surface area contributed by atoms with Gasteiger partial charge in [0, 0.05) is 193 Å². The highest BCUT2D eigenvalue weighted by Crippen LogP contribution is 2.46. The van der Waals surface area contributed by atoms with Crippen LogP contribution < -0.4 is 0 Å². The van der Waals surface area contributed by atoms with Gasteiger partial charge in [0.1, 0.15) is 34.7 Å². The summed E-state index contributed by atoms with van der Waals surface area (Å²) >= 11 is 0. The molecule has 0 atom stereocenters. The molecule has 0 spiro atoms. The maximum absolute atomic E-state index is 13.6. The number of hydrogen-bond acceptors (Lipinski definition) is 20. The van der Waals surface area contributed by atoms with Crippen LogP contribution in [0.5, 0.6) is 0 Å². The zero-order chi connectivity index (χ0) is 101. The number of morpholine rings is 1. The number of ketones is 6. The molecule has 0 bridgehead atoms. The molecule has 0 N–H and O–H groups in total. The second-order valence-electron chi connectivity index (χ2n) is 49.5. The van der Waals surface area contributed by atoms with Crippen LogP contribution in [0.15, 0.2) is 0 Å². The minimum atomic E-state index is -2.58. The van der Waals surface area contributed by atoms with Crippen molar-refractivity contribution < 1.29 is 55.8 Å². The van der Waals surface area contributed by atoms with E-state index in [4.69, 9.17) is 9.47 Å². The van der Waals surface area contributed by atoms with Crippen LogP contribution in [0, 0.1) is 68.0 Å². The summed E-state index contributed by atoms with van der Waals surface area (Å²) in [5.74, 6) is 1.05. The summed E-state index contributed by atoms with van der Waals surface area (Å²) in [7, 11) is 1.78. The Morgan fingerprint density at radius 1 is 0.257 bits per heavy atom. The fourth-order valence-corrected chi connectivity index (χ4v) is 23.3. The molecule has 12 aliphatic rings. The van der Waals surface area contributed by atoms with E-state index in [1.54, 1.807) is 12.0 Å². The maximum Gasteiger partial charge on any atom is 0.272 e. The van der Waals surface area contributed by atoms with Gasteiger partial charge in [0.25, 0.3) is 11.8 Å². The predicted octanol–water partition coefficient (Wildman–Crippen LogP) is 19.7. The average molecular weight is 1930 g/mol. The molecule has 20 nitrogen and oxygen atoms in total. The molecule has 0 aromatic rings. The lowest BCUT2D eigenvalue weighted by atomic mass is 9.72. The van der Waals surface area contributed by atoms with E-state index in [9.17, 15) is 46.3 Å². The Hall–Kier alpha value is -2.82. The minimum Gasteiger partial charge on any atom is -0.379 e. The highest BCUT2D eigenvalue weighted by molar-refractivity contribution is 5.88. The Kier molecular flexibility index (Phi) is 50.1. The smallest absolute Gasteiger partial charge is 0.272 e. The highest BCUT2D eigenvalue weighted by Gasteiger charge is 2.53. The standard InChI is InChI=1S/C19H34F2N2O.2C19H36N2O2.C19H36N2O.C18H32F2N2O.C18H34N2O/c1-15(2)5-6-17(24)18(7-11-23(12-8-18)16(3)4)13-22-10-9-19(20,21)14-22;1-15(2)6-7-18(22)19(14-20-12-17(13-20)23-5)8-10-21(11-9-19)16(3)4;1-16(2)5-6-18(22)19(15-20-11-13-23-14-12-20)7-9-21(10-8-19)17(3)4;1-16(2)7-8-18(22)19(15-20-11-5-6-12-20)9-13-21(14-10-19)17(3)4;1-14(2)5-6-16(23)17(11-21-12-18(19,20)13-21)7-9-22(10-8-17)15(3)4;1-15(2)6-7-17(21)18(14-19-10-5-11-19)8-12-20(13-9-18)16(3)4/h15-16H,5-14H2,1-4H3;15-17H,6-14H2,1-5H3;16-17H,5-15H2,1-4H3;16-17H,5-15H2,1-4H3;14-15H,5-13H2,1-4H3;15-16H,5-14H2,1-4H3. The first kappa shape index (κ1) is 120. The second kappa shape index (κ2) is 56.8. The molecular weight excluding hydrogens is 1720 g/mol. The number of rotatable bonds is 43. The summed E-state index contributed by atoms with van der Waals surface area (Å²) in [4.78, 5) is 106. The molecule has 136 heavy (non-hydrogen) atoms. The van der Waals surface area contributed by atoms with Gasteiger partial charge in [-0.05, 0) is 358 Å².